The Morgan fingerprint density at radius 2 is 1.73 bits per heavy atom. The summed E-state index contributed by atoms with van der Waals surface area (Å²) in [6, 6.07) is 8.79. The van der Waals surface area contributed by atoms with Crippen LogP contribution in [-0.4, -0.2) is 77.1 Å². The molecular weight excluding hydrogens is 636 g/mol. The molecule has 1 aliphatic rings. The number of hydrogen-bond donors (Lipinski definition) is 4. The van der Waals surface area contributed by atoms with Crippen LogP contribution in [0.5, 0.6) is 5.75 Å². The third-order valence-corrected chi connectivity index (χ3v) is 9.32. The Morgan fingerprint density at radius 1 is 1.02 bits per heavy atom. The van der Waals surface area contributed by atoms with E-state index >= 15 is 0 Å². The molecule has 0 saturated heterocycles. The maximum absolute atomic E-state index is 14.4. The Bertz CT molecular complexity index is 1690. The number of fused-ring (bicyclic) bond motifs is 1. The second-order valence-electron chi connectivity index (χ2n) is 12.7. The number of phenols is 1. The minimum atomic E-state index is -1.32. The highest BCUT2D eigenvalue weighted by Crippen LogP contribution is 2.30. The number of esters is 1. The zero-order valence-corrected chi connectivity index (χ0v) is 29.1. The number of amides is 3. The number of aromatic nitrogens is 1. The van der Waals surface area contributed by atoms with Crippen LogP contribution in [0.2, 0.25) is 5.02 Å². The topological polar surface area (TPSA) is 150 Å². The van der Waals surface area contributed by atoms with E-state index in [2.05, 4.69) is 15.6 Å². The van der Waals surface area contributed by atoms with E-state index in [-0.39, 0.29) is 29.0 Å². The van der Waals surface area contributed by atoms with Gasteiger partial charge in [0.25, 0.3) is 0 Å². The van der Waals surface area contributed by atoms with Gasteiger partial charge in [0.05, 0.1) is 11.1 Å². The lowest BCUT2D eigenvalue weighted by molar-refractivity contribution is -0.164. The third-order valence-electron chi connectivity index (χ3n) is 9.02. The summed E-state index contributed by atoms with van der Waals surface area (Å²) in [5.41, 5.74) is 2.95. The number of hydrogen-bond acceptors (Lipinski definition) is 7. The molecule has 0 radical (unpaired) electrons. The predicted octanol–water partition coefficient (Wildman–Crippen LogP) is 4.83. The van der Waals surface area contributed by atoms with Crippen molar-refractivity contribution in [3.8, 4) is 5.75 Å². The van der Waals surface area contributed by atoms with Crippen LogP contribution in [0.25, 0.3) is 10.9 Å². The number of H-pyrrole nitrogens is 1. The number of methoxy groups -OCH3 is 1. The molecule has 3 aromatic rings. The van der Waals surface area contributed by atoms with Crippen LogP contribution in [0.1, 0.15) is 58.2 Å². The maximum Gasteiger partial charge on any atom is 0.338 e. The number of aromatic amines is 1. The van der Waals surface area contributed by atoms with E-state index in [4.69, 9.17) is 21.1 Å². The molecule has 0 spiro atoms. The Kier molecular flexibility index (Phi) is 11.9. The number of phenolic OH excluding ortho intramolecular Hbond substituents is 1. The van der Waals surface area contributed by atoms with Crippen LogP contribution in [0.3, 0.4) is 0 Å². The lowest BCUT2D eigenvalue weighted by Gasteiger charge is -2.33. The molecule has 48 heavy (non-hydrogen) atoms. The molecule has 11 nitrogen and oxygen atoms in total. The smallest absolute Gasteiger partial charge is 0.338 e. The Morgan fingerprint density at radius 3 is 2.42 bits per heavy atom. The molecule has 1 aromatic heterocycles. The van der Waals surface area contributed by atoms with E-state index in [9.17, 15) is 24.3 Å². The number of benzene rings is 2. The first kappa shape index (κ1) is 36.5. The number of likely N-dealkylation sites (N-methyl/N-ethyl adjacent to an activating group) is 1. The van der Waals surface area contributed by atoms with Crippen molar-refractivity contribution in [2.75, 3.05) is 14.2 Å². The molecule has 258 valence electrons. The number of carbonyl (C=O) groups excluding carboxylic acids is 4. The van der Waals surface area contributed by atoms with Crippen LogP contribution in [0, 0.1) is 11.8 Å². The number of aromatic hydroxyl groups is 1. The van der Waals surface area contributed by atoms with Crippen molar-refractivity contribution in [1.29, 1.82) is 0 Å². The standard InChI is InChI=1S/C36H45ClN4O7/c1-19-14-20(2)23(5)48-36(46)32(47-7)31(24-12-13-30(42)27(37)16-24)40-34(44)29(17-25-18-38-28-11-9-8-10-26(25)28)41(6)35(45)22(4)39-33(43)21(3)15-19/h8-14,16,18,20-23,29,31-32,38,42H,15,17H2,1-7H3,(H,39,43)(H,40,44)/t20-,21-,22-,23+,29+,31?,32-/m0/s1. The molecule has 0 aliphatic carbocycles. The van der Waals surface area contributed by atoms with Gasteiger partial charge in [-0.2, -0.15) is 0 Å². The molecule has 1 unspecified atom stereocenters. The first-order valence-electron chi connectivity index (χ1n) is 16.0. The van der Waals surface area contributed by atoms with Crippen molar-refractivity contribution < 1.29 is 33.8 Å². The summed E-state index contributed by atoms with van der Waals surface area (Å²) < 4.78 is 11.6. The average Bonchev–Trinajstić information content (AvgIpc) is 3.46. The van der Waals surface area contributed by atoms with Crippen molar-refractivity contribution in [3.05, 3.63) is 76.5 Å². The van der Waals surface area contributed by atoms with Gasteiger partial charge in [-0.25, -0.2) is 4.79 Å². The van der Waals surface area contributed by atoms with Crippen molar-refractivity contribution in [2.45, 2.75) is 77.8 Å². The van der Waals surface area contributed by atoms with Gasteiger partial charge in [0.15, 0.2) is 6.10 Å². The molecule has 0 saturated carbocycles. The van der Waals surface area contributed by atoms with Gasteiger partial charge >= 0.3 is 5.97 Å². The third kappa shape index (κ3) is 8.38. The number of cyclic esters (lactones) is 1. The summed E-state index contributed by atoms with van der Waals surface area (Å²) in [7, 11) is 2.85. The number of nitrogens with one attached hydrogen (secondary N) is 3. The van der Waals surface area contributed by atoms with E-state index in [1.54, 1.807) is 27.0 Å². The van der Waals surface area contributed by atoms with Gasteiger partial charge in [0.1, 0.15) is 23.9 Å². The van der Waals surface area contributed by atoms with Crippen molar-refractivity contribution in [1.82, 2.24) is 20.5 Å². The summed E-state index contributed by atoms with van der Waals surface area (Å²) in [5.74, 6) is -2.92. The second-order valence-corrected chi connectivity index (χ2v) is 13.1. The second kappa shape index (κ2) is 15.7. The molecular formula is C36H45ClN4O7. The number of rotatable bonds is 4. The van der Waals surface area contributed by atoms with Gasteiger partial charge in [-0.05, 0) is 56.5 Å². The summed E-state index contributed by atoms with van der Waals surface area (Å²) in [5, 5.41) is 16.8. The van der Waals surface area contributed by atoms with E-state index in [1.165, 1.54) is 37.3 Å². The van der Waals surface area contributed by atoms with Crippen LogP contribution in [0.4, 0.5) is 0 Å². The van der Waals surface area contributed by atoms with Gasteiger partial charge < -0.3 is 35.1 Å². The zero-order valence-electron chi connectivity index (χ0n) is 28.4. The fourth-order valence-electron chi connectivity index (χ4n) is 6.04. The summed E-state index contributed by atoms with van der Waals surface area (Å²) in [6.45, 7) is 8.94. The van der Waals surface area contributed by atoms with Gasteiger partial charge in [0.2, 0.25) is 17.7 Å². The quantitative estimate of drug-likeness (QED) is 0.228. The highest BCUT2D eigenvalue weighted by Gasteiger charge is 2.38. The number of allylic oxidation sites excluding steroid dienone is 1. The fraction of sp³-hybridized carbons (Fsp3) is 0.444. The van der Waals surface area contributed by atoms with Crippen molar-refractivity contribution in [2.24, 2.45) is 11.8 Å². The summed E-state index contributed by atoms with van der Waals surface area (Å²) >= 11 is 6.28. The lowest BCUT2D eigenvalue weighted by Crippen LogP contribution is -2.56. The van der Waals surface area contributed by atoms with Gasteiger partial charge in [-0.3, -0.25) is 14.4 Å². The molecule has 1 aliphatic heterocycles. The van der Waals surface area contributed by atoms with Crippen molar-refractivity contribution >= 4 is 46.2 Å². The number of para-hydroxylation sites is 1. The van der Waals surface area contributed by atoms with E-state index < -0.39 is 54.0 Å². The predicted molar refractivity (Wildman–Crippen MR) is 183 cm³/mol. The van der Waals surface area contributed by atoms with Crippen LogP contribution < -0.4 is 10.6 Å². The van der Waals surface area contributed by atoms with E-state index in [0.29, 0.717) is 12.0 Å². The first-order chi connectivity index (χ1) is 22.7. The highest BCUT2D eigenvalue weighted by molar-refractivity contribution is 6.32. The molecule has 2 aromatic carbocycles. The van der Waals surface area contributed by atoms with Gasteiger partial charge in [-0.1, -0.05) is 61.4 Å². The molecule has 7 atom stereocenters. The first-order valence-corrected chi connectivity index (χ1v) is 16.4. The largest absolute Gasteiger partial charge is 0.506 e. The monoisotopic (exact) mass is 680 g/mol. The minimum Gasteiger partial charge on any atom is -0.506 e. The SMILES string of the molecule is CO[C@@H]1C(=O)O[C@H](C)[C@@H](C)C=C(C)C[C@H](C)C(=O)N[C@@H](C)C(=O)N(C)[C@H](Cc2c[nH]c3ccccc23)C(=O)NC1c1ccc(O)c(Cl)c1. The number of halogens is 1. The Hall–Kier alpha value is -4.35. The normalized spacial score (nSPS) is 27.0. The summed E-state index contributed by atoms with van der Waals surface area (Å²) in [4.78, 5) is 59.7. The van der Waals surface area contributed by atoms with Crippen LogP contribution in [0.15, 0.2) is 60.3 Å². The zero-order chi connectivity index (χ0) is 35.3. The number of ether oxygens (including phenoxy) is 2. The summed E-state index contributed by atoms with van der Waals surface area (Å²) in [6.07, 6.45) is 2.39. The Balaban J connectivity index is 1.82. The van der Waals surface area contributed by atoms with E-state index in [1.807, 2.05) is 44.2 Å². The molecule has 4 rings (SSSR count). The maximum atomic E-state index is 14.4. The van der Waals surface area contributed by atoms with Crippen molar-refractivity contribution in [3.63, 3.8) is 0 Å². The number of carbonyl (C=O) groups is 4. The lowest BCUT2D eigenvalue weighted by atomic mass is 9.95. The minimum absolute atomic E-state index is 0.00784. The highest BCUT2D eigenvalue weighted by atomic mass is 35.5. The molecule has 4 N–H and O–H groups in total. The average molecular weight is 681 g/mol. The molecule has 0 fully saturated rings. The molecule has 3 amide bonds. The van der Waals surface area contributed by atoms with Crippen LogP contribution in [-0.2, 0) is 35.1 Å². The van der Waals surface area contributed by atoms with Gasteiger partial charge in [0, 0.05) is 49.5 Å². The Labute approximate surface area is 286 Å². The molecule has 12 heteroatoms. The number of nitrogens with zero attached hydrogens (tertiary/aromatic N) is 1. The van der Waals surface area contributed by atoms with E-state index in [0.717, 1.165) is 22.0 Å². The fourth-order valence-corrected chi connectivity index (χ4v) is 6.23. The van der Waals surface area contributed by atoms with Gasteiger partial charge in [-0.15, -0.1) is 0 Å². The van der Waals surface area contributed by atoms with Crippen LogP contribution >= 0.6 is 11.6 Å². The molecule has 2 heterocycles. The molecule has 0 bridgehead atoms.